The van der Waals surface area contributed by atoms with E-state index in [-0.39, 0.29) is 17.5 Å². The lowest BCUT2D eigenvalue weighted by Crippen LogP contribution is -2.36. The molecule has 0 spiro atoms. The molecule has 11 heteroatoms. The van der Waals surface area contributed by atoms with Gasteiger partial charge in [0.2, 0.25) is 23.2 Å². The fraction of sp³-hybridized carbons (Fsp3) is 0.200. The number of hydrogen-bond donors (Lipinski definition) is 0. The highest BCUT2D eigenvalue weighted by atomic mass is 35.5. The monoisotopic (exact) mass is 466 g/mol. The van der Waals surface area contributed by atoms with Crippen LogP contribution in [0.15, 0.2) is 47.6 Å². The smallest absolute Gasteiger partial charge is 0.416 e. The molecule has 0 bridgehead atoms. The predicted molar refractivity (Wildman–Crippen MR) is 110 cm³/mol. The van der Waals surface area contributed by atoms with Crippen molar-refractivity contribution in [3.05, 3.63) is 58.6 Å². The quantitative estimate of drug-likeness (QED) is 0.472. The van der Waals surface area contributed by atoms with E-state index in [4.69, 9.17) is 16.3 Å². The Morgan fingerprint density at radius 1 is 1.16 bits per heavy atom. The Balaban J connectivity index is 1.92. The number of halogens is 4. The van der Waals surface area contributed by atoms with Crippen molar-refractivity contribution in [2.75, 3.05) is 11.2 Å². The number of anilines is 1. The molecule has 0 saturated heterocycles. The van der Waals surface area contributed by atoms with Gasteiger partial charge >= 0.3 is 6.18 Å². The summed E-state index contributed by atoms with van der Waals surface area (Å²) in [4.78, 5) is 18.3. The lowest BCUT2D eigenvalue weighted by Gasteiger charge is -2.30. The zero-order valence-electron chi connectivity index (χ0n) is 16.1. The molecule has 160 valence electrons. The van der Waals surface area contributed by atoms with Crippen LogP contribution in [0.1, 0.15) is 24.3 Å². The van der Waals surface area contributed by atoms with Gasteiger partial charge in [-0.15, -0.1) is 10.2 Å². The molecule has 1 amide bonds. The van der Waals surface area contributed by atoms with Crippen LogP contribution in [0.2, 0.25) is 5.02 Å². The van der Waals surface area contributed by atoms with E-state index >= 15 is 0 Å². The van der Waals surface area contributed by atoms with E-state index in [2.05, 4.69) is 15.2 Å². The van der Waals surface area contributed by atoms with Crippen LogP contribution in [-0.4, -0.2) is 27.3 Å². The lowest BCUT2D eigenvalue weighted by molar-refractivity contribution is -0.137. The zero-order chi connectivity index (χ0) is 22.3. The highest BCUT2D eigenvalue weighted by molar-refractivity contribution is 7.98. The van der Waals surface area contributed by atoms with Crippen LogP contribution < -0.4 is 9.64 Å². The summed E-state index contributed by atoms with van der Waals surface area (Å²) < 4.78 is 45.1. The number of carbonyl (C=O) groups excluding carboxylic acids is 1. The minimum atomic E-state index is -4.48. The number of alkyl halides is 3. The van der Waals surface area contributed by atoms with Crippen LogP contribution in [-0.2, 0) is 11.0 Å². The summed E-state index contributed by atoms with van der Waals surface area (Å²) >= 11 is 7.42. The van der Waals surface area contributed by atoms with Crippen molar-refractivity contribution in [1.82, 2.24) is 15.2 Å². The van der Waals surface area contributed by atoms with Gasteiger partial charge in [-0.05, 0) is 36.6 Å². The second kappa shape index (κ2) is 8.01. The van der Waals surface area contributed by atoms with Crippen molar-refractivity contribution in [2.24, 2.45) is 0 Å². The van der Waals surface area contributed by atoms with Gasteiger partial charge in [0.15, 0.2) is 5.69 Å². The Hall–Kier alpha value is -2.85. The molecule has 6 nitrogen and oxygen atoms in total. The average molecular weight is 467 g/mol. The molecule has 1 atom stereocenters. The standard InChI is InChI=1S/C20H14ClF3N4O2S/c1-10(29)28-15-8-7-13(21)9-14(15)16-17(25-19(31-2)27-26-16)30-18(28)11-3-5-12(6-4-11)20(22,23)24/h3-9,18H,1-2H3/t18-/m0/s1. The molecule has 4 rings (SSSR count). The summed E-state index contributed by atoms with van der Waals surface area (Å²) in [6.45, 7) is 1.33. The third-order valence-corrected chi connectivity index (χ3v) is 5.38. The Kier molecular flexibility index (Phi) is 5.52. The molecule has 0 unspecified atom stereocenters. The summed E-state index contributed by atoms with van der Waals surface area (Å²) in [5.41, 5.74) is 0.700. The molecule has 0 saturated carbocycles. The summed E-state index contributed by atoms with van der Waals surface area (Å²) in [5, 5.41) is 8.97. The number of thioether (sulfide) groups is 1. The third kappa shape index (κ3) is 4.05. The molecule has 0 aliphatic carbocycles. The van der Waals surface area contributed by atoms with E-state index in [1.54, 1.807) is 24.5 Å². The predicted octanol–water partition coefficient (Wildman–Crippen LogP) is 5.38. The first-order valence-electron chi connectivity index (χ1n) is 8.91. The molecule has 1 aliphatic rings. The van der Waals surface area contributed by atoms with E-state index in [9.17, 15) is 18.0 Å². The lowest BCUT2D eigenvalue weighted by atomic mass is 10.1. The second-order valence-electron chi connectivity index (χ2n) is 6.59. The maximum Gasteiger partial charge on any atom is 0.416 e. The Morgan fingerprint density at radius 2 is 1.87 bits per heavy atom. The Labute approximate surface area is 184 Å². The highest BCUT2D eigenvalue weighted by Gasteiger charge is 2.36. The van der Waals surface area contributed by atoms with Gasteiger partial charge in [0.05, 0.1) is 11.3 Å². The molecular weight excluding hydrogens is 453 g/mol. The van der Waals surface area contributed by atoms with Gasteiger partial charge < -0.3 is 4.74 Å². The van der Waals surface area contributed by atoms with Crippen molar-refractivity contribution < 1.29 is 22.7 Å². The van der Waals surface area contributed by atoms with Crippen molar-refractivity contribution in [1.29, 1.82) is 0 Å². The van der Waals surface area contributed by atoms with Gasteiger partial charge in [-0.3, -0.25) is 9.69 Å². The molecule has 0 fully saturated rings. The molecule has 1 aliphatic heterocycles. The fourth-order valence-corrected chi connectivity index (χ4v) is 3.69. The van der Waals surface area contributed by atoms with Gasteiger partial charge in [0.25, 0.3) is 0 Å². The first-order chi connectivity index (χ1) is 14.7. The van der Waals surface area contributed by atoms with E-state index in [0.717, 1.165) is 12.1 Å². The molecule has 2 heterocycles. The summed E-state index contributed by atoms with van der Waals surface area (Å²) in [6, 6.07) is 9.26. The number of aromatic nitrogens is 3. The molecule has 2 aromatic carbocycles. The fourth-order valence-electron chi connectivity index (χ4n) is 3.22. The molecular formula is C20H14ClF3N4O2S. The number of nitrogens with zero attached hydrogens (tertiary/aromatic N) is 4. The van der Waals surface area contributed by atoms with Gasteiger partial charge in [0, 0.05) is 23.1 Å². The SMILES string of the molecule is CSc1nnc2c(n1)O[C@@H](c1ccc(C(F)(F)F)cc1)N(C(C)=O)c1ccc(Cl)cc1-2. The normalized spacial score (nSPS) is 15.5. The minimum absolute atomic E-state index is 0.0940. The highest BCUT2D eigenvalue weighted by Crippen LogP contribution is 2.44. The summed E-state index contributed by atoms with van der Waals surface area (Å²) in [6.07, 6.45) is -3.80. The number of fused-ring (bicyclic) bond motifs is 3. The Bertz CT molecular complexity index is 1160. The van der Waals surface area contributed by atoms with Gasteiger partial charge in [0.1, 0.15) is 0 Å². The molecule has 0 radical (unpaired) electrons. The molecule has 31 heavy (non-hydrogen) atoms. The summed E-state index contributed by atoms with van der Waals surface area (Å²) in [7, 11) is 0. The van der Waals surface area contributed by atoms with Crippen molar-refractivity contribution in [3.8, 4) is 17.1 Å². The average Bonchev–Trinajstić information content (AvgIpc) is 2.87. The Morgan fingerprint density at radius 3 is 2.48 bits per heavy atom. The first-order valence-corrected chi connectivity index (χ1v) is 10.5. The topological polar surface area (TPSA) is 68.2 Å². The maximum atomic E-state index is 13.0. The van der Waals surface area contributed by atoms with E-state index in [0.29, 0.717) is 27.0 Å². The largest absolute Gasteiger partial charge is 0.447 e. The second-order valence-corrected chi connectivity index (χ2v) is 7.80. The van der Waals surface area contributed by atoms with E-state index in [1.807, 2.05) is 0 Å². The number of benzene rings is 2. The number of rotatable bonds is 2. The number of amides is 1. The van der Waals surface area contributed by atoms with Crippen LogP contribution in [0, 0.1) is 0 Å². The molecule has 3 aromatic rings. The first kappa shape index (κ1) is 21.4. The van der Waals surface area contributed by atoms with Gasteiger partial charge in [-0.25, -0.2) is 0 Å². The van der Waals surface area contributed by atoms with Gasteiger partial charge in [-0.2, -0.15) is 18.2 Å². The van der Waals surface area contributed by atoms with Crippen LogP contribution in [0.3, 0.4) is 0 Å². The van der Waals surface area contributed by atoms with Crippen molar-refractivity contribution in [3.63, 3.8) is 0 Å². The zero-order valence-corrected chi connectivity index (χ0v) is 17.7. The van der Waals surface area contributed by atoms with Crippen molar-refractivity contribution >= 4 is 35.0 Å². The van der Waals surface area contributed by atoms with Gasteiger partial charge in [-0.1, -0.05) is 35.5 Å². The van der Waals surface area contributed by atoms with Crippen LogP contribution in [0.4, 0.5) is 18.9 Å². The number of hydrogen-bond acceptors (Lipinski definition) is 6. The van der Waals surface area contributed by atoms with E-state index in [1.165, 1.54) is 35.7 Å². The van der Waals surface area contributed by atoms with Crippen LogP contribution in [0.5, 0.6) is 5.88 Å². The minimum Gasteiger partial charge on any atom is -0.447 e. The maximum absolute atomic E-state index is 13.0. The van der Waals surface area contributed by atoms with Crippen LogP contribution in [0.25, 0.3) is 11.3 Å². The van der Waals surface area contributed by atoms with Crippen LogP contribution >= 0.6 is 23.4 Å². The number of carbonyl (C=O) groups is 1. The van der Waals surface area contributed by atoms with Crippen molar-refractivity contribution in [2.45, 2.75) is 24.5 Å². The molecule has 1 aromatic heterocycles. The number of ether oxygens (including phenoxy) is 1. The van der Waals surface area contributed by atoms with E-state index < -0.39 is 18.0 Å². The summed E-state index contributed by atoms with van der Waals surface area (Å²) in [5.74, 6) is -0.296. The molecule has 0 N–H and O–H groups in total. The third-order valence-electron chi connectivity index (χ3n) is 4.61.